The lowest BCUT2D eigenvalue weighted by molar-refractivity contribution is -0.145. The standard InChI is InChI=1S/C29H28FNO5.C28H25FO6/c1-3-34-29(33)23-16-22(23)17-4-8-20(9-5-17)36-26-14-12-21-25(15-13-24(30)27(21)26)35-19-10-6-18(7-11-19)28(32)31-2;1-2-33-28(32)22-15-21(22)16-3-7-19(8-4-16)35-25-13-11-20-24(14-12-23(29)26(20)25)34-18-9-5-17(6-10-18)27(30)31/h4-11,13,15,22-23,26H,3,12,14,16H2,1-2H3,(H,31,32);3-10,12,14,21-22,25H,2,11,13,15H2,1H3,(H,30,31)/t22-,23+,26-;21-,22+,25-/m11/s1. The molecular formula is C57H53F2NO11. The number of ether oxygens (including phenoxy) is 6. The van der Waals surface area contributed by atoms with Gasteiger partial charge in [-0.3, -0.25) is 14.4 Å². The molecule has 4 aliphatic carbocycles. The van der Waals surface area contributed by atoms with Gasteiger partial charge in [0, 0.05) is 34.9 Å². The SMILES string of the molecule is CCOC(=O)[C@H]1C[C@@H]1c1ccc(O[C@@H]2CCc3c(Oc4ccc(C(=O)NC)cc4)ccc(F)c32)cc1.CCOC(=O)[C@H]1C[C@@H]1c1ccc(O[C@@H]2CCc3c(Oc4ccc(C(=O)O)cc4)ccc(F)c32)cc1. The van der Waals surface area contributed by atoms with E-state index in [0.29, 0.717) is 90.1 Å². The van der Waals surface area contributed by atoms with E-state index in [0.717, 1.165) is 35.1 Å². The topological polar surface area (TPSA) is 156 Å². The van der Waals surface area contributed by atoms with Crippen molar-refractivity contribution in [1.29, 1.82) is 0 Å². The van der Waals surface area contributed by atoms with E-state index in [2.05, 4.69) is 5.32 Å². The Morgan fingerprint density at radius 2 is 0.944 bits per heavy atom. The average molecular weight is 966 g/mol. The first-order valence-electron chi connectivity index (χ1n) is 23.9. The zero-order chi connectivity index (χ0) is 49.8. The summed E-state index contributed by atoms with van der Waals surface area (Å²) in [6, 6.07) is 34.2. The van der Waals surface area contributed by atoms with Crippen LogP contribution in [0.25, 0.3) is 0 Å². The highest BCUT2D eigenvalue weighted by Gasteiger charge is 2.46. The van der Waals surface area contributed by atoms with Gasteiger partial charge in [-0.25, -0.2) is 13.6 Å². The molecule has 366 valence electrons. The van der Waals surface area contributed by atoms with Gasteiger partial charge in [-0.05, 0) is 172 Å². The van der Waals surface area contributed by atoms with Gasteiger partial charge in [-0.1, -0.05) is 24.3 Å². The molecule has 4 aliphatic rings. The molecule has 0 saturated heterocycles. The Labute approximate surface area is 409 Å². The van der Waals surface area contributed by atoms with E-state index in [-0.39, 0.29) is 58.7 Å². The van der Waals surface area contributed by atoms with Crippen LogP contribution in [0.1, 0.15) is 118 Å². The number of carboxylic acids is 1. The number of aromatic carboxylic acids is 1. The maximum absolute atomic E-state index is 14.9. The second-order valence-electron chi connectivity index (χ2n) is 17.8. The van der Waals surface area contributed by atoms with E-state index >= 15 is 0 Å². The van der Waals surface area contributed by atoms with E-state index in [1.54, 1.807) is 62.5 Å². The minimum absolute atomic E-state index is 0.0639. The number of rotatable bonds is 16. The lowest BCUT2D eigenvalue weighted by Gasteiger charge is -2.17. The average Bonchev–Trinajstić information content (AvgIpc) is 4.28. The molecule has 6 atom stereocenters. The number of benzene rings is 6. The fourth-order valence-electron chi connectivity index (χ4n) is 9.51. The normalized spacial score (nSPS) is 20.0. The van der Waals surface area contributed by atoms with Gasteiger partial charge in [0.2, 0.25) is 0 Å². The van der Waals surface area contributed by atoms with Crippen LogP contribution in [0.3, 0.4) is 0 Å². The molecule has 0 aliphatic heterocycles. The smallest absolute Gasteiger partial charge is 0.335 e. The minimum Gasteiger partial charge on any atom is -0.486 e. The molecule has 2 fully saturated rings. The Bertz CT molecular complexity index is 2920. The molecule has 71 heavy (non-hydrogen) atoms. The Morgan fingerprint density at radius 3 is 1.32 bits per heavy atom. The predicted octanol–water partition coefficient (Wildman–Crippen LogP) is 11.8. The molecular weight excluding hydrogens is 913 g/mol. The van der Waals surface area contributed by atoms with Crippen molar-refractivity contribution in [3.8, 4) is 34.5 Å². The van der Waals surface area contributed by atoms with E-state index < -0.39 is 18.2 Å². The fourth-order valence-corrected chi connectivity index (χ4v) is 9.51. The zero-order valence-corrected chi connectivity index (χ0v) is 39.5. The van der Waals surface area contributed by atoms with Crippen molar-refractivity contribution in [2.45, 2.75) is 76.4 Å². The molecule has 1 amide bonds. The second kappa shape index (κ2) is 21.1. The quantitative estimate of drug-likeness (QED) is 0.0890. The van der Waals surface area contributed by atoms with Crippen molar-refractivity contribution in [1.82, 2.24) is 5.32 Å². The lowest BCUT2D eigenvalue weighted by Crippen LogP contribution is -2.17. The van der Waals surface area contributed by atoms with Crippen LogP contribution in [0, 0.1) is 23.5 Å². The molecule has 0 radical (unpaired) electrons. The number of carbonyl (C=O) groups is 4. The second-order valence-corrected chi connectivity index (χ2v) is 17.8. The number of fused-ring (bicyclic) bond motifs is 2. The van der Waals surface area contributed by atoms with E-state index in [1.807, 2.05) is 55.5 Å². The highest BCUT2D eigenvalue weighted by atomic mass is 19.1. The number of hydrogen-bond donors (Lipinski definition) is 2. The predicted molar refractivity (Wildman–Crippen MR) is 257 cm³/mol. The maximum atomic E-state index is 14.9. The number of hydrogen-bond acceptors (Lipinski definition) is 10. The third-order valence-electron chi connectivity index (χ3n) is 13.3. The van der Waals surface area contributed by atoms with E-state index in [4.69, 9.17) is 33.5 Å². The van der Waals surface area contributed by atoms with Crippen LogP contribution >= 0.6 is 0 Å². The molecule has 0 heterocycles. The Kier molecular flexibility index (Phi) is 14.3. The van der Waals surface area contributed by atoms with Crippen molar-refractivity contribution in [3.63, 3.8) is 0 Å². The largest absolute Gasteiger partial charge is 0.486 e. The van der Waals surface area contributed by atoms with Gasteiger partial charge >= 0.3 is 17.9 Å². The van der Waals surface area contributed by atoms with Crippen LogP contribution in [0.4, 0.5) is 8.78 Å². The number of amides is 1. The first-order valence-corrected chi connectivity index (χ1v) is 23.9. The zero-order valence-electron chi connectivity index (χ0n) is 39.5. The van der Waals surface area contributed by atoms with E-state index in [1.165, 1.54) is 24.3 Å². The molecule has 2 N–H and O–H groups in total. The molecule has 0 spiro atoms. The summed E-state index contributed by atoms with van der Waals surface area (Å²) in [6.45, 7) is 4.40. The highest BCUT2D eigenvalue weighted by molar-refractivity contribution is 5.94. The van der Waals surface area contributed by atoms with Gasteiger partial charge in [-0.2, -0.15) is 0 Å². The first-order chi connectivity index (χ1) is 34.4. The van der Waals surface area contributed by atoms with Crippen molar-refractivity contribution in [2.24, 2.45) is 11.8 Å². The van der Waals surface area contributed by atoms with Crippen LogP contribution in [-0.2, 0) is 31.9 Å². The third kappa shape index (κ3) is 10.9. The van der Waals surface area contributed by atoms with E-state index in [9.17, 15) is 28.0 Å². The summed E-state index contributed by atoms with van der Waals surface area (Å²) in [5.74, 6) is 1.54. The number of esters is 2. The summed E-state index contributed by atoms with van der Waals surface area (Å²) < 4.78 is 64.2. The number of halogens is 2. The summed E-state index contributed by atoms with van der Waals surface area (Å²) in [4.78, 5) is 46.6. The van der Waals surface area contributed by atoms with Gasteiger partial charge in [0.05, 0.1) is 30.6 Å². The summed E-state index contributed by atoms with van der Waals surface area (Å²) in [5, 5.41) is 11.6. The maximum Gasteiger partial charge on any atom is 0.335 e. The summed E-state index contributed by atoms with van der Waals surface area (Å²) in [7, 11) is 1.58. The van der Waals surface area contributed by atoms with Crippen LogP contribution in [0.2, 0.25) is 0 Å². The van der Waals surface area contributed by atoms with Crippen LogP contribution < -0.4 is 24.3 Å². The molecule has 0 aromatic heterocycles. The van der Waals surface area contributed by atoms with Gasteiger partial charge < -0.3 is 38.8 Å². The third-order valence-corrected chi connectivity index (χ3v) is 13.3. The summed E-state index contributed by atoms with van der Waals surface area (Å²) >= 11 is 0. The van der Waals surface area contributed by atoms with Crippen LogP contribution in [0.15, 0.2) is 121 Å². The molecule has 2 saturated carbocycles. The Hall–Kier alpha value is -7.74. The summed E-state index contributed by atoms with van der Waals surface area (Å²) in [6.07, 6.45) is 3.21. The van der Waals surface area contributed by atoms with Crippen molar-refractivity contribution < 1.29 is 61.5 Å². The van der Waals surface area contributed by atoms with Gasteiger partial charge in [0.25, 0.3) is 5.91 Å². The Balaban J connectivity index is 0.000000176. The molecule has 6 aromatic rings. The van der Waals surface area contributed by atoms with Crippen molar-refractivity contribution in [2.75, 3.05) is 20.3 Å². The monoisotopic (exact) mass is 965 g/mol. The van der Waals surface area contributed by atoms with Gasteiger partial charge in [-0.15, -0.1) is 0 Å². The number of carboxylic acid groups (broad SMARTS) is 1. The number of nitrogens with one attached hydrogen (secondary N) is 1. The van der Waals surface area contributed by atoms with Crippen LogP contribution in [-0.4, -0.2) is 49.2 Å². The lowest BCUT2D eigenvalue weighted by atomic mass is 10.1. The minimum atomic E-state index is -1.01. The van der Waals surface area contributed by atoms with Gasteiger partial charge in [0.15, 0.2) is 0 Å². The molecule has 0 unspecified atom stereocenters. The highest BCUT2D eigenvalue weighted by Crippen LogP contribution is 2.50. The molecule has 14 heteroatoms. The molecule has 12 nitrogen and oxygen atoms in total. The molecule has 0 bridgehead atoms. The summed E-state index contributed by atoms with van der Waals surface area (Å²) in [5.41, 5.74) is 5.40. The van der Waals surface area contributed by atoms with Crippen LogP contribution in [0.5, 0.6) is 34.5 Å². The number of carbonyl (C=O) groups excluding carboxylic acids is 3. The first kappa shape index (κ1) is 48.3. The Morgan fingerprint density at radius 1 is 0.549 bits per heavy atom. The van der Waals surface area contributed by atoms with Crippen molar-refractivity contribution in [3.05, 3.63) is 177 Å². The fraction of sp³-hybridized carbons (Fsp3) is 0.298. The molecule has 6 aromatic carbocycles. The molecule has 10 rings (SSSR count). The van der Waals surface area contributed by atoms with Crippen molar-refractivity contribution >= 4 is 23.8 Å². The van der Waals surface area contributed by atoms with Gasteiger partial charge in [0.1, 0.15) is 58.3 Å².